The van der Waals surface area contributed by atoms with Gasteiger partial charge in [-0.1, -0.05) is 38.6 Å². The predicted molar refractivity (Wildman–Crippen MR) is 73.1 cm³/mol. The third-order valence-corrected chi connectivity index (χ3v) is 3.02. The standard InChI is InChI=1S/C13H19NO2S/c1-9-7-10(5-6-11(9)16-4)13(2,3)8-14-12(15)17/h5-7H,8H2,1-4H3,(H2,14,15,17). The highest BCUT2D eigenvalue weighted by molar-refractivity contribution is 7.96. The molecule has 0 radical (unpaired) electrons. The van der Waals surface area contributed by atoms with Crippen LogP contribution in [-0.2, 0) is 5.41 Å². The van der Waals surface area contributed by atoms with Crippen molar-refractivity contribution < 1.29 is 9.53 Å². The van der Waals surface area contributed by atoms with Crippen LogP contribution in [0.3, 0.4) is 0 Å². The minimum atomic E-state index is -0.302. The van der Waals surface area contributed by atoms with Crippen molar-refractivity contribution in [2.45, 2.75) is 26.2 Å². The maximum Gasteiger partial charge on any atom is 0.276 e. The molecule has 0 aliphatic heterocycles. The van der Waals surface area contributed by atoms with E-state index in [-0.39, 0.29) is 10.7 Å². The molecule has 94 valence electrons. The molecule has 0 unspecified atom stereocenters. The number of rotatable bonds is 4. The van der Waals surface area contributed by atoms with E-state index in [1.54, 1.807) is 7.11 Å². The lowest BCUT2D eigenvalue weighted by molar-refractivity contribution is 0.259. The SMILES string of the molecule is COc1ccc(C(C)(C)CNC(=O)S)cc1C. The van der Waals surface area contributed by atoms with Gasteiger partial charge in [0.1, 0.15) is 5.75 Å². The number of hydrogen-bond donors (Lipinski definition) is 2. The maximum atomic E-state index is 10.8. The Balaban J connectivity index is 2.90. The fourth-order valence-corrected chi connectivity index (χ4v) is 1.78. The van der Waals surface area contributed by atoms with Gasteiger partial charge >= 0.3 is 0 Å². The van der Waals surface area contributed by atoms with E-state index in [4.69, 9.17) is 4.74 Å². The van der Waals surface area contributed by atoms with Crippen LogP contribution in [0.4, 0.5) is 4.79 Å². The fourth-order valence-electron chi connectivity index (χ4n) is 1.70. The smallest absolute Gasteiger partial charge is 0.276 e. The third kappa shape index (κ3) is 3.66. The Morgan fingerprint density at radius 3 is 2.59 bits per heavy atom. The highest BCUT2D eigenvalue weighted by Crippen LogP contribution is 2.27. The number of carbonyl (C=O) groups is 1. The molecular weight excluding hydrogens is 234 g/mol. The number of aryl methyl sites for hydroxylation is 1. The van der Waals surface area contributed by atoms with Crippen molar-refractivity contribution in [1.82, 2.24) is 5.32 Å². The molecule has 1 N–H and O–H groups in total. The summed E-state index contributed by atoms with van der Waals surface area (Å²) in [7, 11) is 1.66. The summed E-state index contributed by atoms with van der Waals surface area (Å²) in [5, 5.41) is 2.42. The van der Waals surface area contributed by atoms with E-state index in [0.717, 1.165) is 16.9 Å². The van der Waals surface area contributed by atoms with Gasteiger partial charge in [-0.25, -0.2) is 0 Å². The van der Waals surface area contributed by atoms with Gasteiger partial charge in [-0.2, -0.15) is 0 Å². The topological polar surface area (TPSA) is 38.3 Å². The number of amides is 1. The highest BCUT2D eigenvalue weighted by Gasteiger charge is 2.21. The predicted octanol–water partition coefficient (Wildman–Crippen LogP) is 2.92. The largest absolute Gasteiger partial charge is 0.496 e. The summed E-state index contributed by atoms with van der Waals surface area (Å²) < 4.78 is 5.23. The van der Waals surface area contributed by atoms with Crippen LogP contribution in [0, 0.1) is 6.92 Å². The number of ether oxygens (including phenoxy) is 1. The second-order valence-electron chi connectivity index (χ2n) is 4.73. The van der Waals surface area contributed by atoms with Gasteiger partial charge in [-0.05, 0) is 24.1 Å². The van der Waals surface area contributed by atoms with Gasteiger partial charge in [0.05, 0.1) is 7.11 Å². The van der Waals surface area contributed by atoms with Crippen LogP contribution in [0.25, 0.3) is 0 Å². The van der Waals surface area contributed by atoms with Crippen molar-refractivity contribution in [3.8, 4) is 5.75 Å². The van der Waals surface area contributed by atoms with Crippen molar-refractivity contribution in [1.29, 1.82) is 0 Å². The van der Waals surface area contributed by atoms with E-state index >= 15 is 0 Å². The van der Waals surface area contributed by atoms with Crippen molar-refractivity contribution >= 4 is 17.9 Å². The van der Waals surface area contributed by atoms with E-state index in [1.807, 2.05) is 19.1 Å². The molecule has 1 aromatic rings. The van der Waals surface area contributed by atoms with Gasteiger partial charge in [0.15, 0.2) is 0 Å². The van der Waals surface area contributed by atoms with Crippen LogP contribution in [0.1, 0.15) is 25.0 Å². The van der Waals surface area contributed by atoms with Gasteiger partial charge < -0.3 is 10.1 Å². The first-order valence-corrected chi connectivity index (χ1v) is 5.93. The molecule has 4 heteroatoms. The molecule has 1 aromatic carbocycles. The molecule has 1 rings (SSSR count). The summed E-state index contributed by atoms with van der Waals surface area (Å²) in [6.07, 6.45) is 0. The quantitative estimate of drug-likeness (QED) is 0.810. The first-order valence-electron chi connectivity index (χ1n) is 5.49. The summed E-state index contributed by atoms with van der Waals surface area (Å²) in [6.45, 7) is 6.73. The van der Waals surface area contributed by atoms with Gasteiger partial charge in [0.2, 0.25) is 0 Å². The van der Waals surface area contributed by atoms with Crippen molar-refractivity contribution in [3.63, 3.8) is 0 Å². The van der Waals surface area contributed by atoms with Crippen LogP contribution < -0.4 is 10.1 Å². The Kier molecular flexibility index (Phi) is 4.46. The van der Waals surface area contributed by atoms with Gasteiger partial charge in [0.25, 0.3) is 5.24 Å². The normalized spacial score (nSPS) is 11.1. The van der Waals surface area contributed by atoms with Crippen LogP contribution in [0.5, 0.6) is 5.75 Å². The lowest BCUT2D eigenvalue weighted by atomic mass is 9.84. The van der Waals surface area contributed by atoms with E-state index in [1.165, 1.54) is 0 Å². The second-order valence-corrected chi connectivity index (χ2v) is 5.13. The molecule has 17 heavy (non-hydrogen) atoms. The second kappa shape index (κ2) is 5.45. The van der Waals surface area contributed by atoms with E-state index in [2.05, 4.69) is 37.9 Å². The number of nitrogens with one attached hydrogen (secondary N) is 1. The Hall–Kier alpha value is -1.16. The molecule has 0 heterocycles. The van der Waals surface area contributed by atoms with E-state index in [0.29, 0.717) is 6.54 Å². The maximum absolute atomic E-state index is 10.8. The molecule has 0 saturated carbocycles. The summed E-state index contributed by atoms with van der Waals surface area (Å²) in [5.41, 5.74) is 2.13. The summed E-state index contributed by atoms with van der Waals surface area (Å²) in [4.78, 5) is 10.8. The molecule has 3 nitrogen and oxygen atoms in total. The van der Waals surface area contributed by atoms with E-state index < -0.39 is 0 Å². The van der Waals surface area contributed by atoms with Gasteiger partial charge in [-0.15, -0.1) is 0 Å². The molecule has 0 bridgehead atoms. The fraction of sp³-hybridized carbons (Fsp3) is 0.462. The Morgan fingerprint density at radius 1 is 1.47 bits per heavy atom. The molecule has 0 aliphatic rings. The number of thiol groups is 1. The first kappa shape index (κ1) is 13.9. The van der Waals surface area contributed by atoms with Crippen LogP contribution >= 0.6 is 12.6 Å². The van der Waals surface area contributed by atoms with Crippen molar-refractivity contribution in [3.05, 3.63) is 29.3 Å². The minimum absolute atomic E-state index is 0.130. The van der Waals surface area contributed by atoms with Crippen molar-refractivity contribution in [2.75, 3.05) is 13.7 Å². The van der Waals surface area contributed by atoms with E-state index in [9.17, 15) is 4.79 Å². The van der Waals surface area contributed by atoms with Gasteiger partial charge in [0, 0.05) is 12.0 Å². The summed E-state index contributed by atoms with van der Waals surface area (Å²) >= 11 is 3.70. The summed E-state index contributed by atoms with van der Waals surface area (Å²) in [6, 6.07) is 6.06. The molecule has 0 spiro atoms. The number of methoxy groups -OCH3 is 1. The Labute approximate surface area is 108 Å². The minimum Gasteiger partial charge on any atom is -0.496 e. The molecule has 1 amide bonds. The zero-order chi connectivity index (χ0) is 13.1. The highest BCUT2D eigenvalue weighted by atomic mass is 32.1. The average Bonchev–Trinajstić information content (AvgIpc) is 2.26. The molecule has 0 saturated heterocycles. The van der Waals surface area contributed by atoms with Crippen LogP contribution in [-0.4, -0.2) is 18.9 Å². The number of hydrogen-bond acceptors (Lipinski definition) is 2. The molecular formula is C13H19NO2S. The Morgan fingerprint density at radius 2 is 2.12 bits per heavy atom. The average molecular weight is 253 g/mol. The van der Waals surface area contributed by atoms with Crippen molar-refractivity contribution in [2.24, 2.45) is 0 Å². The molecule has 0 aromatic heterocycles. The monoisotopic (exact) mass is 253 g/mol. The van der Waals surface area contributed by atoms with Crippen LogP contribution in [0.15, 0.2) is 18.2 Å². The zero-order valence-electron chi connectivity index (χ0n) is 10.7. The zero-order valence-corrected chi connectivity index (χ0v) is 11.6. The Bertz CT molecular complexity index is 416. The first-order chi connectivity index (χ1) is 7.86. The molecule has 0 aliphatic carbocycles. The molecule has 0 atom stereocenters. The van der Waals surface area contributed by atoms with Gasteiger partial charge in [-0.3, -0.25) is 4.79 Å². The lowest BCUT2D eigenvalue weighted by Crippen LogP contribution is -2.34. The third-order valence-electron chi connectivity index (χ3n) is 2.86. The number of benzene rings is 1. The lowest BCUT2D eigenvalue weighted by Gasteiger charge is -2.26. The number of carbonyl (C=O) groups excluding carboxylic acids is 1. The molecule has 0 fully saturated rings. The van der Waals surface area contributed by atoms with Crippen LogP contribution in [0.2, 0.25) is 0 Å². The summed E-state index contributed by atoms with van der Waals surface area (Å²) in [5.74, 6) is 0.878.